The van der Waals surface area contributed by atoms with Crippen molar-refractivity contribution >= 4 is 15.9 Å². The lowest BCUT2D eigenvalue weighted by Gasteiger charge is -2.16. The molecule has 0 atom stereocenters. The number of primary sulfonamides is 1. The average Bonchev–Trinajstić information content (AvgIpc) is 2.35. The fourth-order valence-corrected chi connectivity index (χ4v) is 1.77. The topological polar surface area (TPSA) is 89.3 Å². The Kier molecular flexibility index (Phi) is 4.89. The Morgan fingerprint density at radius 3 is 2.38 bits per heavy atom. The fraction of sp³-hybridized carbons (Fsp3) is 0.300. The highest BCUT2D eigenvalue weighted by molar-refractivity contribution is 7.89. The zero-order valence-corrected chi connectivity index (χ0v) is 10.9. The molecule has 0 saturated heterocycles. The molecule has 0 aliphatic rings. The van der Waals surface area contributed by atoms with Gasteiger partial charge in [0.25, 0.3) is 5.91 Å². The van der Waals surface area contributed by atoms with Gasteiger partial charge < -0.3 is 5.32 Å². The quantitative estimate of drug-likeness (QED) is 0.792. The number of halogens is 5. The molecule has 1 amide bonds. The van der Waals surface area contributed by atoms with Crippen molar-refractivity contribution in [2.75, 3.05) is 6.54 Å². The smallest absolute Gasteiger partial charge is 0.324 e. The van der Waals surface area contributed by atoms with Crippen LogP contribution >= 0.6 is 0 Å². The molecule has 3 N–H and O–H groups in total. The third kappa shape index (κ3) is 4.36. The second-order valence-corrected chi connectivity index (χ2v) is 5.49. The van der Waals surface area contributed by atoms with E-state index in [0.29, 0.717) is 12.1 Å². The molecule has 0 spiro atoms. The maximum atomic E-state index is 13.4. The number of rotatable bonds is 5. The van der Waals surface area contributed by atoms with E-state index in [2.05, 4.69) is 0 Å². The van der Waals surface area contributed by atoms with Crippen molar-refractivity contribution < 1.29 is 35.2 Å². The number of alkyl halides is 4. The van der Waals surface area contributed by atoms with E-state index in [1.54, 1.807) is 0 Å². The number of benzene rings is 1. The lowest BCUT2D eigenvalue weighted by molar-refractivity contribution is -0.123. The number of amides is 1. The van der Waals surface area contributed by atoms with Gasteiger partial charge in [-0.3, -0.25) is 4.79 Å². The van der Waals surface area contributed by atoms with E-state index in [-0.39, 0.29) is 0 Å². The molecule has 0 aromatic heterocycles. The van der Waals surface area contributed by atoms with E-state index in [1.165, 1.54) is 5.32 Å². The summed E-state index contributed by atoms with van der Waals surface area (Å²) in [5.41, 5.74) is -0.911. The van der Waals surface area contributed by atoms with E-state index < -0.39 is 51.1 Å². The normalized spacial score (nSPS) is 12.5. The van der Waals surface area contributed by atoms with Gasteiger partial charge in [0.1, 0.15) is 5.82 Å². The molecular weight excluding hydrogens is 323 g/mol. The maximum Gasteiger partial charge on any atom is 0.324 e. The largest absolute Gasteiger partial charge is 0.346 e. The maximum absolute atomic E-state index is 13.4. The molecule has 0 aliphatic heterocycles. The summed E-state index contributed by atoms with van der Waals surface area (Å²) in [6, 6.07) is 1.86. The Bertz CT molecular complexity index is 648. The average molecular weight is 332 g/mol. The molecule has 11 heteroatoms. The summed E-state index contributed by atoms with van der Waals surface area (Å²) in [4.78, 5) is 10.8. The minimum absolute atomic E-state index is 0.514. The van der Waals surface area contributed by atoms with Crippen LogP contribution in [0.15, 0.2) is 23.1 Å². The Labute approximate surface area is 116 Å². The highest BCUT2D eigenvalue weighted by Gasteiger charge is 2.41. The van der Waals surface area contributed by atoms with Crippen LogP contribution in [0.25, 0.3) is 0 Å². The first kappa shape index (κ1) is 17.3. The van der Waals surface area contributed by atoms with Crippen molar-refractivity contribution in [1.29, 1.82) is 0 Å². The molecule has 0 bridgehead atoms. The van der Waals surface area contributed by atoms with Gasteiger partial charge in [-0.25, -0.2) is 26.7 Å². The minimum Gasteiger partial charge on any atom is -0.346 e. The Morgan fingerprint density at radius 2 is 1.90 bits per heavy atom. The van der Waals surface area contributed by atoms with Gasteiger partial charge in [-0.15, -0.1) is 0 Å². The van der Waals surface area contributed by atoms with Crippen molar-refractivity contribution in [3.8, 4) is 0 Å². The van der Waals surface area contributed by atoms with Crippen LogP contribution in [0, 0.1) is 5.82 Å². The van der Waals surface area contributed by atoms with Gasteiger partial charge in [0.05, 0.1) is 17.0 Å². The predicted octanol–water partition coefficient (Wildman–Crippen LogP) is 1.10. The lowest BCUT2D eigenvalue weighted by atomic mass is 10.2. The van der Waals surface area contributed by atoms with Crippen molar-refractivity contribution in [2.45, 2.75) is 17.2 Å². The first-order valence-electron chi connectivity index (χ1n) is 5.21. The zero-order valence-electron chi connectivity index (χ0n) is 10.1. The number of nitrogens with two attached hydrogens (primary N) is 1. The minimum atomic E-state index is -4.50. The van der Waals surface area contributed by atoms with Crippen LogP contribution in [-0.4, -0.2) is 33.2 Å². The van der Waals surface area contributed by atoms with E-state index in [4.69, 9.17) is 5.14 Å². The molecule has 0 unspecified atom stereocenters. The predicted molar refractivity (Wildman–Crippen MR) is 61.1 cm³/mol. The number of nitrogens with one attached hydrogen (secondary N) is 1. The van der Waals surface area contributed by atoms with E-state index in [1.807, 2.05) is 0 Å². The molecule has 0 saturated carbocycles. The molecule has 0 heterocycles. The highest BCUT2D eigenvalue weighted by atomic mass is 32.2. The summed E-state index contributed by atoms with van der Waals surface area (Å²) < 4.78 is 84.4. The van der Waals surface area contributed by atoms with Gasteiger partial charge in [0.2, 0.25) is 10.0 Å². The Balaban J connectivity index is 2.98. The van der Waals surface area contributed by atoms with Crippen LogP contribution in [-0.2, 0) is 10.0 Å². The third-order valence-electron chi connectivity index (χ3n) is 2.31. The number of hydrogen-bond acceptors (Lipinski definition) is 3. The Morgan fingerprint density at radius 1 is 1.33 bits per heavy atom. The van der Waals surface area contributed by atoms with Crippen LogP contribution in [0.2, 0.25) is 0 Å². The molecule has 5 nitrogen and oxygen atoms in total. The molecule has 0 aliphatic carbocycles. The van der Waals surface area contributed by atoms with E-state index in [0.717, 1.165) is 6.07 Å². The van der Waals surface area contributed by atoms with Gasteiger partial charge >= 0.3 is 12.3 Å². The van der Waals surface area contributed by atoms with Gasteiger partial charge in [0, 0.05) is 0 Å². The summed E-state index contributed by atoms with van der Waals surface area (Å²) in [7, 11) is -4.25. The summed E-state index contributed by atoms with van der Waals surface area (Å²) in [5, 5.41) is 6.15. The summed E-state index contributed by atoms with van der Waals surface area (Å²) >= 11 is 0. The summed E-state index contributed by atoms with van der Waals surface area (Å²) in [6.45, 7) is -1.73. The second kappa shape index (κ2) is 5.93. The van der Waals surface area contributed by atoms with Crippen LogP contribution in [0.5, 0.6) is 0 Å². The molecule has 1 aromatic rings. The fourth-order valence-electron chi connectivity index (χ4n) is 1.23. The van der Waals surface area contributed by atoms with Crippen molar-refractivity contribution in [3.63, 3.8) is 0 Å². The van der Waals surface area contributed by atoms with Crippen molar-refractivity contribution in [3.05, 3.63) is 29.6 Å². The number of carbonyl (C=O) groups excluding carboxylic acids is 1. The summed E-state index contributed by atoms with van der Waals surface area (Å²) in [5.74, 6) is -7.19. The second-order valence-electron chi connectivity index (χ2n) is 3.93. The monoisotopic (exact) mass is 332 g/mol. The highest BCUT2D eigenvalue weighted by Crippen LogP contribution is 2.22. The zero-order chi connectivity index (χ0) is 16.4. The van der Waals surface area contributed by atoms with Crippen molar-refractivity contribution in [2.24, 2.45) is 5.14 Å². The molecule has 118 valence electrons. The molecule has 1 aromatic carbocycles. The van der Waals surface area contributed by atoms with E-state index >= 15 is 0 Å². The molecule has 21 heavy (non-hydrogen) atoms. The van der Waals surface area contributed by atoms with Crippen molar-refractivity contribution in [1.82, 2.24) is 5.32 Å². The standard InChI is InChI=1S/C10H9F5N2O3S/c11-7-2-1-5(21(16,19)20)3-6(7)8(18)17-4-10(14,15)9(12)13/h1-3,9H,4H2,(H,17,18)(H2,16,19,20). The van der Waals surface area contributed by atoms with Gasteiger partial charge in [-0.2, -0.15) is 8.78 Å². The van der Waals surface area contributed by atoms with Crippen LogP contribution in [0.4, 0.5) is 22.0 Å². The number of carbonyl (C=O) groups is 1. The lowest BCUT2D eigenvalue weighted by Crippen LogP contribution is -2.41. The van der Waals surface area contributed by atoms with Gasteiger partial charge in [-0.05, 0) is 18.2 Å². The number of sulfonamides is 1. The SMILES string of the molecule is NS(=O)(=O)c1ccc(F)c(C(=O)NCC(F)(F)C(F)F)c1. The first-order chi connectivity index (χ1) is 9.45. The summed E-state index contributed by atoms with van der Waals surface area (Å²) in [6.07, 6.45) is -4.02. The van der Waals surface area contributed by atoms with E-state index in [9.17, 15) is 35.2 Å². The van der Waals surface area contributed by atoms with Gasteiger partial charge in [-0.1, -0.05) is 0 Å². The third-order valence-corrected chi connectivity index (χ3v) is 3.23. The van der Waals surface area contributed by atoms with Crippen LogP contribution in [0.3, 0.4) is 0 Å². The van der Waals surface area contributed by atoms with Gasteiger partial charge in [0.15, 0.2) is 0 Å². The van der Waals surface area contributed by atoms with Crippen LogP contribution < -0.4 is 10.5 Å². The first-order valence-corrected chi connectivity index (χ1v) is 6.76. The molecule has 1 rings (SSSR count). The molecular formula is C10H9F5N2O3S. The van der Waals surface area contributed by atoms with Crippen LogP contribution in [0.1, 0.15) is 10.4 Å². The Hall–Kier alpha value is -1.75. The molecule has 0 fully saturated rings. The number of hydrogen-bond donors (Lipinski definition) is 2. The molecule has 0 radical (unpaired) electrons.